The molecule has 15 heavy (non-hydrogen) atoms. The molecule has 0 bridgehead atoms. The summed E-state index contributed by atoms with van der Waals surface area (Å²) in [6.45, 7) is 3.39. The van der Waals surface area contributed by atoms with E-state index < -0.39 is 5.91 Å². The number of carbonyl (C=O) groups excluding carboxylic acids is 1. The first kappa shape index (κ1) is 11.5. The van der Waals surface area contributed by atoms with Gasteiger partial charge < -0.3 is 5.73 Å². The Hall–Kier alpha value is -1.55. The van der Waals surface area contributed by atoms with Gasteiger partial charge in [0.25, 0.3) is 0 Å². The number of rotatable bonds is 4. The average Bonchev–Trinajstić information content (AvgIpc) is 2.26. The van der Waals surface area contributed by atoms with E-state index in [1.807, 2.05) is 18.4 Å². The molecule has 0 aliphatic carbocycles. The van der Waals surface area contributed by atoms with Gasteiger partial charge in [0, 0.05) is 22.2 Å². The Morgan fingerprint density at radius 3 is 2.53 bits per heavy atom. The van der Waals surface area contributed by atoms with Crippen molar-refractivity contribution in [1.29, 1.82) is 0 Å². The highest BCUT2D eigenvalue weighted by Gasteiger charge is 2.10. The molecule has 4 heteroatoms. The number of amides is 1. The maximum Gasteiger partial charge on any atom is 0.249 e. The van der Waals surface area contributed by atoms with Gasteiger partial charge in [-0.25, -0.2) is 0 Å². The summed E-state index contributed by atoms with van der Waals surface area (Å²) in [7, 11) is 0. The van der Waals surface area contributed by atoms with Crippen LogP contribution >= 0.6 is 11.8 Å². The summed E-state index contributed by atoms with van der Waals surface area (Å²) < 4.78 is 0. The zero-order valence-electron chi connectivity index (χ0n) is 8.43. The molecule has 0 atom stereocenters. The number of hydrogen-bond acceptors (Lipinski definition) is 3. The summed E-state index contributed by atoms with van der Waals surface area (Å²) in [4.78, 5) is 15.8. The number of hydrogen-bond donors (Lipinski definition) is 1. The molecule has 1 aromatic rings. The molecule has 0 spiro atoms. The molecule has 78 valence electrons. The topological polar surface area (TPSA) is 55.4 Å². The second kappa shape index (κ2) is 5.36. The molecular weight excluding hydrogens is 208 g/mol. The Bertz CT molecular complexity index is 413. The van der Waals surface area contributed by atoms with Gasteiger partial charge in [-0.3, -0.25) is 9.79 Å². The summed E-state index contributed by atoms with van der Waals surface area (Å²) in [5, 5.41) is 0. The van der Waals surface area contributed by atoms with Crippen molar-refractivity contribution in [3.05, 3.63) is 41.6 Å². The van der Waals surface area contributed by atoms with E-state index in [4.69, 9.17) is 5.73 Å². The predicted octanol–water partition coefficient (Wildman–Crippen LogP) is 2.15. The van der Waals surface area contributed by atoms with Crippen LogP contribution in [0.1, 0.15) is 15.9 Å². The van der Waals surface area contributed by atoms with E-state index in [-0.39, 0.29) is 0 Å². The van der Waals surface area contributed by atoms with Gasteiger partial charge >= 0.3 is 0 Å². The molecule has 0 heterocycles. The third-order valence-corrected chi connectivity index (χ3v) is 2.65. The molecule has 0 aliphatic rings. The van der Waals surface area contributed by atoms with Crippen LogP contribution in [0.3, 0.4) is 0 Å². The van der Waals surface area contributed by atoms with Crippen LogP contribution < -0.4 is 5.73 Å². The van der Waals surface area contributed by atoms with E-state index in [1.165, 1.54) is 11.8 Å². The van der Waals surface area contributed by atoms with Crippen molar-refractivity contribution in [3.8, 4) is 0 Å². The molecule has 0 aliphatic heterocycles. The average molecular weight is 220 g/mol. The summed E-state index contributed by atoms with van der Waals surface area (Å²) in [6.07, 6.45) is 3.53. The van der Waals surface area contributed by atoms with Gasteiger partial charge in [-0.15, -0.1) is 11.8 Å². The normalized spacial score (nSPS) is 11.1. The molecule has 0 aromatic heterocycles. The first-order chi connectivity index (χ1) is 7.20. The zero-order valence-corrected chi connectivity index (χ0v) is 9.25. The molecule has 3 nitrogen and oxygen atoms in total. The van der Waals surface area contributed by atoms with Crippen LogP contribution in [0.4, 0.5) is 0 Å². The highest BCUT2D eigenvalue weighted by Crippen LogP contribution is 2.27. The molecule has 0 fully saturated rings. The molecule has 1 rings (SSSR count). The smallest absolute Gasteiger partial charge is 0.249 e. The zero-order chi connectivity index (χ0) is 11.3. The van der Waals surface area contributed by atoms with E-state index in [0.29, 0.717) is 5.56 Å². The number of carbonyl (C=O) groups is 1. The van der Waals surface area contributed by atoms with E-state index in [1.54, 1.807) is 18.3 Å². The second-order valence-electron chi connectivity index (χ2n) is 2.79. The fourth-order valence-electron chi connectivity index (χ4n) is 1.23. The summed E-state index contributed by atoms with van der Waals surface area (Å²) in [5.74, 6) is -0.436. The largest absolute Gasteiger partial charge is 0.366 e. The highest BCUT2D eigenvalue weighted by molar-refractivity contribution is 8.07. The van der Waals surface area contributed by atoms with Gasteiger partial charge in [0.15, 0.2) is 0 Å². The minimum atomic E-state index is -0.436. The SMILES string of the molecule is C=N/C=C(\SC)c1ccccc1C(N)=O. The fourth-order valence-corrected chi connectivity index (χ4v) is 1.81. The first-order valence-corrected chi connectivity index (χ1v) is 5.52. The lowest BCUT2D eigenvalue weighted by Crippen LogP contribution is -2.12. The van der Waals surface area contributed by atoms with E-state index in [0.717, 1.165) is 10.5 Å². The lowest BCUT2D eigenvalue weighted by Gasteiger charge is -2.07. The van der Waals surface area contributed by atoms with Gasteiger partial charge in [-0.2, -0.15) is 0 Å². The molecule has 0 unspecified atom stereocenters. The molecule has 0 saturated carbocycles. The van der Waals surface area contributed by atoms with Crippen molar-refractivity contribution in [2.75, 3.05) is 6.26 Å². The molecular formula is C11H12N2OS. The summed E-state index contributed by atoms with van der Waals surface area (Å²) in [6, 6.07) is 7.18. The van der Waals surface area contributed by atoms with E-state index in [9.17, 15) is 4.79 Å². The summed E-state index contributed by atoms with van der Waals surface area (Å²) >= 11 is 1.50. The third-order valence-electron chi connectivity index (χ3n) is 1.89. The van der Waals surface area contributed by atoms with Crippen molar-refractivity contribution in [1.82, 2.24) is 0 Å². The van der Waals surface area contributed by atoms with Crippen LogP contribution in [0.5, 0.6) is 0 Å². The first-order valence-electron chi connectivity index (χ1n) is 4.30. The maximum absolute atomic E-state index is 11.2. The van der Waals surface area contributed by atoms with Crippen molar-refractivity contribution < 1.29 is 4.79 Å². The summed E-state index contributed by atoms with van der Waals surface area (Å²) in [5.41, 5.74) is 6.58. The fraction of sp³-hybridized carbons (Fsp3) is 0.0909. The predicted molar refractivity (Wildman–Crippen MR) is 66.0 cm³/mol. The van der Waals surface area contributed by atoms with Crippen molar-refractivity contribution in [3.63, 3.8) is 0 Å². The minimum Gasteiger partial charge on any atom is -0.366 e. The minimum absolute atomic E-state index is 0.436. The van der Waals surface area contributed by atoms with Gasteiger partial charge in [-0.1, -0.05) is 18.2 Å². The molecule has 0 radical (unpaired) electrons. The molecule has 1 aromatic carbocycles. The Balaban J connectivity index is 3.28. The van der Waals surface area contributed by atoms with Crippen molar-refractivity contribution in [2.45, 2.75) is 0 Å². The van der Waals surface area contributed by atoms with Crippen LogP contribution in [0.25, 0.3) is 4.91 Å². The van der Waals surface area contributed by atoms with Gasteiger partial charge in [0.1, 0.15) is 0 Å². The quantitative estimate of drug-likeness (QED) is 0.790. The van der Waals surface area contributed by atoms with Crippen LogP contribution in [-0.4, -0.2) is 18.9 Å². The number of primary amides is 1. The highest BCUT2D eigenvalue weighted by atomic mass is 32.2. The molecule has 1 amide bonds. The molecule has 2 N–H and O–H groups in total. The standard InChI is InChI=1S/C11H12N2OS/c1-13-7-10(15-2)8-5-3-4-6-9(8)11(12)14/h3-7H,1H2,2H3,(H2,12,14)/b10-7-. The number of thioether (sulfide) groups is 1. The Morgan fingerprint density at radius 2 is 2.07 bits per heavy atom. The lowest BCUT2D eigenvalue weighted by molar-refractivity contribution is 0.1000. The van der Waals surface area contributed by atoms with Crippen molar-refractivity contribution >= 4 is 29.3 Å². The number of nitrogens with two attached hydrogens (primary N) is 1. The van der Waals surface area contributed by atoms with Gasteiger partial charge in [-0.05, 0) is 19.0 Å². The Kier molecular flexibility index (Phi) is 4.12. The van der Waals surface area contributed by atoms with Gasteiger partial charge in [0.2, 0.25) is 5.91 Å². The monoisotopic (exact) mass is 220 g/mol. The second-order valence-corrected chi connectivity index (χ2v) is 3.64. The van der Waals surface area contributed by atoms with Crippen molar-refractivity contribution in [2.24, 2.45) is 10.7 Å². The van der Waals surface area contributed by atoms with Crippen LogP contribution in [0.2, 0.25) is 0 Å². The van der Waals surface area contributed by atoms with Crippen LogP contribution in [0, 0.1) is 0 Å². The van der Waals surface area contributed by atoms with E-state index in [2.05, 4.69) is 11.7 Å². The van der Waals surface area contributed by atoms with Crippen LogP contribution in [-0.2, 0) is 0 Å². The van der Waals surface area contributed by atoms with Crippen LogP contribution in [0.15, 0.2) is 35.5 Å². The third kappa shape index (κ3) is 2.70. The maximum atomic E-state index is 11.2. The molecule has 0 saturated heterocycles. The number of benzene rings is 1. The Morgan fingerprint density at radius 1 is 1.47 bits per heavy atom. The number of aliphatic imine (C=N–C) groups is 1. The Labute approximate surface area is 93.1 Å². The number of nitrogens with zero attached hydrogens (tertiary/aromatic N) is 1. The van der Waals surface area contributed by atoms with Gasteiger partial charge in [0.05, 0.1) is 0 Å². The van der Waals surface area contributed by atoms with E-state index >= 15 is 0 Å². The lowest BCUT2D eigenvalue weighted by atomic mass is 10.1.